The number of ether oxygens (including phenoxy) is 2. The van der Waals surface area contributed by atoms with Crippen LogP contribution in [0.3, 0.4) is 0 Å². The Morgan fingerprint density at radius 3 is 1.29 bits per heavy atom. The number of allylic oxidation sites excluding steroid dienone is 2. The summed E-state index contributed by atoms with van der Waals surface area (Å²) >= 11 is 12.3. The van der Waals surface area contributed by atoms with E-state index in [0.29, 0.717) is 0 Å². The Labute approximate surface area is 152 Å². The molecule has 3 aliphatic carbocycles. The van der Waals surface area contributed by atoms with Gasteiger partial charge in [0.15, 0.2) is 11.5 Å². The van der Waals surface area contributed by atoms with Gasteiger partial charge >= 0.3 is 0 Å². The third-order valence-electron chi connectivity index (χ3n) is 4.88. The lowest BCUT2D eigenvalue weighted by Gasteiger charge is -2.28. The minimum atomic E-state index is -0.544. The van der Waals surface area contributed by atoms with Gasteiger partial charge in [-0.25, -0.2) is 0 Å². The van der Waals surface area contributed by atoms with E-state index in [0.717, 1.165) is 51.4 Å². The second kappa shape index (κ2) is 7.92. The van der Waals surface area contributed by atoms with Crippen LogP contribution in [0.25, 0.3) is 0 Å². The van der Waals surface area contributed by atoms with Crippen LogP contribution in [0, 0.1) is 0 Å². The summed E-state index contributed by atoms with van der Waals surface area (Å²) in [5.74, 6) is -1.32. The standard InChI is InChI=1S/C18H22Cl2O4/c19-13-16(22)18(24-12-9-5-2-6-10-12)14(20)15(21)17(13)23-11-7-3-1-4-8-11/h11-12H,1-10H2. The highest BCUT2D eigenvalue weighted by molar-refractivity contribution is 6.55. The van der Waals surface area contributed by atoms with Crippen LogP contribution in [0.4, 0.5) is 0 Å². The van der Waals surface area contributed by atoms with E-state index in [1.165, 1.54) is 12.8 Å². The molecule has 0 heterocycles. The highest BCUT2D eigenvalue weighted by Crippen LogP contribution is 2.35. The SMILES string of the molecule is O=C1C(Cl)=C(OC2CCCCC2)C(=O)C(Cl)=C1OC1CCCCC1. The number of halogens is 2. The fourth-order valence-corrected chi connectivity index (χ4v) is 3.95. The van der Waals surface area contributed by atoms with Crippen molar-refractivity contribution < 1.29 is 19.1 Å². The third kappa shape index (κ3) is 3.80. The first kappa shape index (κ1) is 17.8. The summed E-state index contributed by atoms with van der Waals surface area (Å²) in [7, 11) is 0. The Kier molecular flexibility index (Phi) is 5.88. The Morgan fingerprint density at radius 1 is 0.625 bits per heavy atom. The van der Waals surface area contributed by atoms with Gasteiger partial charge in [-0.2, -0.15) is 0 Å². The first-order valence-electron chi connectivity index (χ1n) is 8.80. The van der Waals surface area contributed by atoms with Gasteiger partial charge in [0.05, 0.1) is 12.2 Å². The van der Waals surface area contributed by atoms with E-state index in [9.17, 15) is 9.59 Å². The Balaban J connectivity index is 1.74. The molecule has 24 heavy (non-hydrogen) atoms. The predicted molar refractivity (Wildman–Crippen MR) is 91.7 cm³/mol. The van der Waals surface area contributed by atoms with Crippen molar-refractivity contribution >= 4 is 34.8 Å². The van der Waals surface area contributed by atoms with Crippen LogP contribution in [0.1, 0.15) is 64.2 Å². The van der Waals surface area contributed by atoms with Crippen molar-refractivity contribution in [3.8, 4) is 0 Å². The van der Waals surface area contributed by atoms with Crippen molar-refractivity contribution in [3.05, 3.63) is 21.6 Å². The van der Waals surface area contributed by atoms with Crippen LogP contribution in [-0.2, 0) is 19.1 Å². The van der Waals surface area contributed by atoms with Crippen molar-refractivity contribution in [2.45, 2.75) is 76.4 Å². The molecule has 0 unspecified atom stereocenters. The molecule has 0 saturated heterocycles. The zero-order chi connectivity index (χ0) is 17.1. The third-order valence-corrected chi connectivity index (χ3v) is 5.57. The lowest BCUT2D eigenvalue weighted by molar-refractivity contribution is -0.122. The number of rotatable bonds is 4. The topological polar surface area (TPSA) is 52.6 Å². The van der Waals surface area contributed by atoms with Crippen molar-refractivity contribution in [1.82, 2.24) is 0 Å². The molecule has 6 heteroatoms. The van der Waals surface area contributed by atoms with Crippen LogP contribution in [-0.4, -0.2) is 23.8 Å². The molecule has 132 valence electrons. The summed E-state index contributed by atoms with van der Waals surface area (Å²) < 4.78 is 11.5. The van der Waals surface area contributed by atoms with E-state index in [1.807, 2.05) is 0 Å². The maximum Gasteiger partial charge on any atom is 0.244 e. The maximum atomic E-state index is 12.5. The molecule has 2 fully saturated rings. The van der Waals surface area contributed by atoms with Crippen LogP contribution < -0.4 is 0 Å². The molecular weight excluding hydrogens is 351 g/mol. The summed E-state index contributed by atoms with van der Waals surface area (Å²) in [4.78, 5) is 25.0. The number of hydrogen-bond acceptors (Lipinski definition) is 4. The molecule has 3 aliphatic rings. The molecular formula is C18H22Cl2O4. The molecule has 0 spiro atoms. The largest absolute Gasteiger partial charge is 0.485 e. The van der Waals surface area contributed by atoms with E-state index in [2.05, 4.69) is 0 Å². The van der Waals surface area contributed by atoms with Gasteiger partial charge in [-0.05, 0) is 51.4 Å². The molecule has 0 atom stereocenters. The highest BCUT2D eigenvalue weighted by Gasteiger charge is 2.38. The van der Waals surface area contributed by atoms with Crippen LogP contribution in [0.2, 0.25) is 0 Å². The summed E-state index contributed by atoms with van der Waals surface area (Å²) in [6, 6.07) is 0. The van der Waals surface area contributed by atoms with Gasteiger partial charge in [-0.3, -0.25) is 9.59 Å². The van der Waals surface area contributed by atoms with Crippen molar-refractivity contribution in [2.24, 2.45) is 0 Å². The lowest BCUT2D eigenvalue weighted by atomic mass is 9.97. The smallest absolute Gasteiger partial charge is 0.244 e. The molecule has 2 saturated carbocycles. The fraction of sp³-hybridized carbons (Fsp3) is 0.667. The van der Waals surface area contributed by atoms with Gasteiger partial charge in [0.25, 0.3) is 0 Å². The van der Waals surface area contributed by atoms with Gasteiger partial charge in [0, 0.05) is 0 Å². The number of ketones is 2. The van der Waals surface area contributed by atoms with E-state index in [1.54, 1.807) is 0 Å². The van der Waals surface area contributed by atoms with Crippen LogP contribution >= 0.6 is 23.2 Å². The summed E-state index contributed by atoms with van der Waals surface area (Å²) in [5, 5.41) is -0.415. The monoisotopic (exact) mass is 372 g/mol. The van der Waals surface area contributed by atoms with Gasteiger partial charge < -0.3 is 9.47 Å². The molecule has 0 aromatic heterocycles. The van der Waals surface area contributed by atoms with E-state index >= 15 is 0 Å². The van der Waals surface area contributed by atoms with Gasteiger partial charge in [0.1, 0.15) is 10.1 Å². The summed E-state index contributed by atoms with van der Waals surface area (Å²) in [5.41, 5.74) is 0. The summed E-state index contributed by atoms with van der Waals surface area (Å²) in [6.07, 6.45) is 9.84. The maximum absolute atomic E-state index is 12.5. The van der Waals surface area contributed by atoms with Gasteiger partial charge in [0.2, 0.25) is 11.6 Å². The number of carbonyl (C=O) groups is 2. The Hall–Kier alpha value is -1.00. The molecule has 4 nitrogen and oxygen atoms in total. The lowest BCUT2D eigenvalue weighted by Crippen LogP contribution is -2.29. The minimum Gasteiger partial charge on any atom is -0.485 e. The molecule has 3 rings (SSSR count). The predicted octanol–water partition coefficient (Wildman–Crippen LogP) is 4.74. The number of Topliss-reactive ketones (excluding diaryl/α,β-unsaturated/α-hetero) is 2. The van der Waals surface area contributed by atoms with E-state index in [-0.39, 0.29) is 33.8 Å². The van der Waals surface area contributed by atoms with Gasteiger partial charge in [-0.1, -0.05) is 36.0 Å². The Bertz CT molecular complexity index is 530. The highest BCUT2D eigenvalue weighted by atomic mass is 35.5. The second-order valence-electron chi connectivity index (χ2n) is 6.70. The molecule has 0 aliphatic heterocycles. The minimum absolute atomic E-state index is 0.0791. The average molecular weight is 373 g/mol. The second-order valence-corrected chi connectivity index (χ2v) is 7.46. The first-order chi connectivity index (χ1) is 11.6. The fourth-order valence-electron chi connectivity index (χ4n) is 3.51. The average Bonchev–Trinajstić information content (AvgIpc) is 2.62. The molecule has 0 N–H and O–H groups in total. The van der Waals surface area contributed by atoms with E-state index in [4.69, 9.17) is 32.7 Å². The molecule has 0 bridgehead atoms. The zero-order valence-corrected chi connectivity index (χ0v) is 15.1. The normalized spacial score (nSPS) is 24.6. The number of carbonyl (C=O) groups excluding carboxylic acids is 2. The van der Waals surface area contributed by atoms with Crippen LogP contribution in [0.5, 0.6) is 0 Å². The van der Waals surface area contributed by atoms with Crippen molar-refractivity contribution in [1.29, 1.82) is 0 Å². The molecule has 0 radical (unpaired) electrons. The van der Waals surface area contributed by atoms with E-state index < -0.39 is 11.6 Å². The zero-order valence-electron chi connectivity index (χ0n) is 13.6. The van der Waals surface area contributed by atoms with Crippen molar-refractivity contribution in [3.63, 3.8) is 0 Å². The Morgan fingerprint density at radius 2 is 0.958 bits per heavy atom. The summed E-state index contributed by atoms with van der Waals surface area (Å²) in [6.45, 7) is 0. The molecule has 0 aromatic rings. The van der Waals surface area contributed by atoms with Crippen LogP contribution in [0.15, 0.2) is 21.6 Å². The van der Waals surface area contributed by atoms with Gasteiger partial charge in [-0.15, -0.1) is 0 Å². The molecule has 0 amide bonds. The quantitative estimate of drug-likeness (QED) is 0.668. The van der Waals surface area contributed by atoms with Crippen molar-refractivity contribution in [2.75, 3.05) is 0 Å². The first-order valence-corrected chi connectivity index (χ1v) is 9.55. The number of hydrogen-bond donors (Lipinski definition) is 0. The molecule has 0 aromatic carbocycles.